The van der Waals surface area contributed by atoms with Gasteiger partial charge in [-0.3, -0.25) is 0 Å². The molecule has 5 nitrogen and oxygen atoms in total. The second-order valence-electron chi connectivity index (χ2n) is 3.64. The number of aromatic nitrogens is 2. The van der Waals surface area contributed by atoms with E-state index < -0.39 is 10.0 Å². The molecule has 7 heteroatoms. The van der Waals surface area contributed by atoms with Crippen molar-refractivity contribution < 1.29 is 8.42 Å². The van der Waals surface area contributed by atoms with Crippen LogP contribution in [0, 0.1) is 0 Å². The fourth-order valence-electron chi connectivity index (χ4n) is 1.28. The van der Waals surface area contributed by atoms with E-state index in [0.717, 1.165) is 0 Å². The van der Waals surface area contributed by atoms with Crippen molar-refractivity contribution in [3.63, 3.8) is 0 Å². The van der Waals surface area contributed by atoms with Crippen molar-refractivity contribution in [3.8, 4) is 0 Å². The predicted octanol–water partition coefficient (Wildman–Crippen LogP) is 1.72. The summed E-state index contributed by atoms with van der Waals surface area (Å²) in [4.78, 5) is 7.37. The largest absolute Gasteiger partial charge is 0.246 e. The van der Waals surface area contributed by atoms with Crippen LogP contribution in [-0.4, -0.2) is 35.3 Å². The summed E-state index contributed by atoms with van der Waals surface area (Å²) in [6.45, 7) is 7.36. The first-order valence-corrected chi connectivity index (χ1v) is 6.81. The van der Waals surface area contributed by atoms with E-state index in [1.807, 2.05) is 0 Å². The second-order valence-corrected chi connectivity index (χ2v) is 5.87. The van der Waals surface area contributed by atoms with Crippen LogP contribution in [0.3, 0.4) is 0 Å². The molecule has 1 heterocycles. The Morgan fingerprint density at radius 1 is 1.47 bits per heavy atom. The zero-order chi connectivity index (χ0) is 13.1. The van der Waals surface area contributed by atoms with Gasteiger partial charge in [-0.2, -0.15) is 4.31 Å². The van der Waals surface area contributed by atoms with Gasteiger partial charge < -0.3 is 0 Å². The molecule has 0 aliphatic rings. The van der Waals surface area contributed by atoms with Crippen molar-refractivity contribution in [3.05, 3.63) is 30.3 Å². The zero-order valence-corrected chi connectivity index (χ0v) is 11.2. The van der Waals surface area contributed by atoms with Crippen molar-refractivity contribution in [1.29, 1.82) is 0 Å². The van der Waals surface area contributed by atoms with Crippen LogP contribution in [0.1, 0.15) is 13.8 Å². The third kappa shape index (κ3) is 3.24. The maximum atomic E-state index is 12.2. The van der Waals surface area contributed by atoms with Gasteiger partial charge in [0.2, 0.25) is 15.3 Å². The van der Waals surface area contributed by atoms with Gasteiger partial charge in [-0.1, -0.05) is 6.08 Å². The Bertz CT molecular complexity index is 485. The molecule has 0 aliphatic carbocycles. The standard InChI is InChI=1S/C10H14ClN3O2S/c1-4-5-14(8(2)3)17(15,16)9-6-12-10(11)13-7-9/h4,6-8H,1,5H2,2-3H3. The Hall–Kier alpha value is -0.980. The highest BCUT2D eigenvalue weighted by molar-refractivity contribution is 7.89. The van der Waals surface area contributed by atoms with Crippen LogP contribution in [0.5, 0.6) is 0 Å². The van der Waals surface area contributed by atoms with E-state index in [4.69, 9.17) is 11.6 Å². The molecule has 0 atom stereocenters. The predicted molar refractivity (Wildman–Crippen MR) is 66.3 cm³/mol. The van der Waals surface area contributed by atoms with Crippen LogP contribution in [0.4, 0.5) is 0 Å². The average molecular weight is 276 g/mol. The molecule has 94 valence electrons. The highest BCUT2D eigenvalue weighted by Gasteiger charge is 2.26. The van der Waals surface area contributed by atoms with E-state index in [9.17, 15) is 8.42 Å². The van der Waals surface area contributed by atoms with Gasteiger partial charge in [-0.05, 0) is 25.4 Å². The van der Waals surface area contributed by atoms with Gasteiger partial charge in [-0.25, -0.2) is 18.4 Å². The summed E-state index contributed by atoms with van der Waals surface area (Å²) in [6.07, 6.45) is 3.93. The average Bonchev–Trinajstić information content (AvgIpc) is 2.25. The Morgan fingerprint density at radius 3 is 2.41 bits per heavy atom. The lowest BCUT2D eigenvalue weighted by atomic mass is 10.4. The normalized spacial score (nSPS) is 12.1. The molecule has 1 rings (SSSR count). The van der Waals surface area contributed by atoms with Gasteiger partial charge in [0, 0.05) is 12.6 Å². The topological polar surface area (TPSA) is 63.2 Å². The van der Waals surface area contributed by atoms with Crippen LogP contribution < -0.4 is 0 Å². The molecule has 0 fully saturated rings. The SMILES string of the molecule is C=CCN(C(C)C)S(=O)(=O)c1cnc(Cl)nc1. The number of hydrogen-bond acceptors (Lipinski definition) is 4. The van der Waals surface area contributed by atoms with Crippen LogP contribution >= 0.6 is 11.6 Å². The second kappa shape index (κ2) is 5.57. The van der Waals surface area contributed by atoms with E-state index in [0.29, 0.717) is 0 Å². The van der Waals surface area contributed by atoms with Crippen LogP contribution in [0.25, 0.3) is 0 Å². The summed E-state index contributed by atoms with van der Waals surface area (Å²) >= 11 is 5.52. The minimum Gasteiger partial charge on any atom is -0.225 e. The summed E-state index contributed by atoms with van der Waals surface area (Å²) in [5, 5.41) is 0.0174. The fourth-order valence-corrected chi connectivity index (χ4v) is 2.88. The van der Waals surface area contributed by atoms with Crippen molar-refractivity contribution in [2.45, 2.75) is 24.8 Å². The molecule has 0 amide bonds. The van der Waals surface area contributed by atoms with E-state index in [1.54, 1.807) is 13.8 Å². The van der Waals surface area contributed by atoms with Crippen molar-refractivity contribution in [2.24, 2.45) is 0 Å². The smallest absolute Gasteiger partial charge is 0.225 e. The third-order valence-electron chi connectivity index (χ3n) is 2.09. The molecule has 0 saturated heterocycles. The Balaban J connectivity index is 3.16. The van der Waals surface area contributed by atoms with Crippen LogP contribution in [0.15, 0.2) is 29.9 Å². The quantitative estimate of drug-likeness (QED) is 0.606. The van der Waals surface area contributed by atoms with E-state index >= 15 is 0 Å². The van der Waals surface area contributed by atoms with Crippen LogP contribution in [-0.2, 0) is 10.0 Å². The van der Waals surface area contributed by atoms with Gasteiger partial charge >= 0.3 is 0 Å². The third-order valence-corrected chi connectivity index (χ3v) is 4.28. The summed E-state index contributed by atoms with van der Waals surface area (Å²) < 4.78 is 25.8. The molecular weight excluding hydrogens is 262 g/mol. The number of nitrogens with zero attached hydrogens (tertiary/aromatic N) is 3. The molecule has 0 N–H and O–H groups in total. The highest BCUT2D eigenvalue weighted by Crippen LogP contribution is 2.17. The molecule has 1 aromatic rings. The summed E-state index contributed by atoms with van der Waals surface area (Å²) in [6, 6.07) is -0.173. The number of sulfonamides is 1. The number of rotatable bonds is 5. The van der Waals surface area contributed by atoms with Crippen molar-refractivity contribution in [2.75, 3.05) is 6.54 Å². The first-order chi connectivity index (χ1) is 7.89. The Kier molecular flexibility index (Phi) is 4.62. The zero-order valence-electron chi connectivity index (χ0n) is 9.67. The molecule has 1 aromatic heterocycles. The maximum Gasteiger partial charge on any atom is 0.246 e. The van der Waals surface area contributed by atoms with Gasteiger partial charge in [0.15, 0.2) is 0 Å². The monoisotopic (exact) mass is 275 g/mol. The Labute approximate surface area is 106 Å². The lowest BCUT2D eigenvalue weighted by Gasteiger charge is -2.24. The lowest BCUT2D eigenvalue weighted by molar-refractivity contribution is 0.382. The number of hydrogen-bond donors (Lipinski definition) is 0. The molecule has 0 saturated carbocycles. The van der Waals surface area contributed by atoms with E-state index in [1.165, 1.54) is 22.8 Å². The maximum absolute atomic E-state index is 12.2. The van der Waals surface area contributed by atoms with E-state index in [2.05, 4.69) is 16.5 Å². The van der Waals surface area contributed by atoms with Gasteiger partial charge in [0.25, 0.3) is 0 Å². The molecule has 0 aromatic carbocycles. The summed E-state index contributed by atoms with van der Waals surface area (Å²) in [7, 11) is -3.60. The fraction of sp³-hybridized carbons (Fsp3) is 0.400. The molecular formula is C10H14ClN3O2S. The minimum atomic E-state index is -3.60. The van der Waals surface area contributed by atoms with E-state index in [-0.39, 0.29) is 22.8 Å². The van der Waals surface area contributed by atoms with Gasteiger partial charge in [-0.15, -0.1) is 6.58 Å². The summed E-state index contributed by atoms with van der Waals surface area (Å²) in [5.41, 5.74) is 0. The van der Waals surface area contributed by atoms with Gasteiger partial charge in [0.05, 0.1) is 12.4 Å². The van der Waals surface area contributed by atoms with Crippen molar-refractivity contribution >= 4 is 21.6 Å². The Morgan fingerprint density at radius 2 is 2.00 bits per heavy atom. The molecule has 0 spiro atoms. The van der Waals surface area contributed by atoms with Crippen molar-refractivity contribution in [1.82, 2.24) is 14.3 Å². The summed E-state index contributed by atoms with van der Waals surface area (Å²) in [5.74, 6) is 0. The minimum absolute atomic E-state index is 0.0174. The molecule has 0 radical (unpaired) electrons. The van der Waals surface area contributed by atoms with Crippen LogP contribution in [0.2, 0.25) is 5.28 Å². The molecule has 0 aliphatic heterocycles. The molecule has 0 bridgehead atoms. The van der Waals surface area contributed by atoms with Gasteiger partial charge in [0.1, 0.15) is 4.90 Å². The lowest BCUT2D eigenvalue weighted by Crippen LogP contribution is -2.37. The first-order valence-electron chi connectivity index (χ1n) is 5.00. The first kappa shape index (κ1) is 14.1. The molecule has 0 unspecified atom stereocenters. The molecule has 17 heavy (non-hydrogen) atoms. The highest BCUT2D eigenvalue weighted by atomic mass is 35.5. The number of halogens is 1.